The summed E-state index contributed by atoms with van der Waals surface area (Å²) in [4.78, 5) is 13.0. The molecule has 2 N–H and O–H groups in total. The fourth-order valence-corrected chi connectivity index (χ4v) is 5.82. The standard InChI is InChI=1S/C21H28O4.C2H6/c1-5-20(4)7-6-8-21-15(20)10-14(25-19(21)24)13-9-12(11(2)3)17(22)18(23)16(13)21;1-2/h9,11,14-15,22-23H,5-8,10H2,1-4H3;1-2H3/t14?,15?,20?,21-;/m1./s1. The van der Waals surface area contributed by atoms with E-state index in [2.05, 4.69) is 13.8 Å². The summed E-state index contributed by atoms with van der Waals surface area (Å²) in [5.74, 6) is -0.104. The van der Waals surface area contributed by atoms with Gasteiger partial charge < -0.3 is 14.9 Å². The quantitative estimate of drug-likeness (QED) is 0.514. The molecule has 4 heteroatoms. The van der Waals surface area contributed by atoms with Crippen LogP contribution in [0.2, 0.25) is 0 Å². The Kier molecular flexibility index (Phi) is 4.98. The zero-order valence-corrected chi connectivity index (χ0v) is 17.6. The average Bonchev–Trinajstić information content (AvgIpc) is 2.66. The van der Waals surface area contributed by atoms with Crippen LogP contribution in [0.15, 0.2) is 6.07 Å². The van der Waals surface area contributed by atoms with E-state index in [9.17, 15) is 15.0 Å². The summed E-state index contributed by atoms with van der Waals surface area (Å²) >= 11 is 0. The fraction of sp³-hybridized carbons (Fsp3) is 0.696. The zero-order chi connectivity index (χ0) is 20.1. The van der Waals surface area contributed by atoms with Crippen LogP contribution in [0.3, 0.4) is 0 Å². The largest absolute Gasteiger partial charge is 0.504 e. The molecule has 0 aromatic heterocycles. The second-order valence-corrected chi connectivity index (χ2v) is 8.80. The Morgan fingerprint density at radius 1 is 1.22 bits per heavy atom. The lowest BCUT2D eigenvalue weighted by Crippen LogP contribution is -2.60. The molecule has 4 aliphatic rings. The molecule has 5 rings (SSSR count). The van der Waals surface area contributed by atoms with Gasteiger partial charge in [0.05, 0.1) is 0 Å². The van der Waals surface area contributed by atoms with Gasteiger partial charge in [-0.3, -0.25) is 4.79 Å². The molecule has 2 fully saturated rings. The third-order valence-electron chi connectivity index (χ3n) is 7.38. The number of aromatic hydroxyl groups is 2. The maximum Gasteiger partial charge on any atom is 0.317 e. The molecule has 2 aliphatic heterocycles. The lowest BCUT2D eigenvalue weighted by Gasteiger charge is -2.59. The van der Waals surface area contributed by atoms with Crippen molar-refractivity contribution in [2.75, 3.05) is 0 Å². The fourth-order valence-electron chi connectivity index (χ4n) is 5.82. The van der Waals surface area contributed by atoms with E-state index < -0.39 is 5.41 Å². The summed E-state index contributed by atoms with van der Waals surface area (Å²) in [5.41, 5.74) is 1.56. The van der Waals surface area contributed by atoms with Gasteiger partial charge in [0.2, 0.25) is 0 Å². The molecule has 1 aromatic rings. The Hall–Kier alpha value is -1.71. The Morgan fingerprint density at radius 2 is 1.89 bits per heavy atom. The minimum absolute atomic E-state index is 0.0619. The maximum atomic E-state index is 13.0. The highest BCUT2D eigenvalue weighted by molar-refractivity contribution is 5.89. The van der Waals surface area contributed by atoms with E-state index >= 15 is 0 Å². The van der Waals surface area contributed by atoms with Crippen molar-refractivity contribution < 1.29 is 19.7 Å². The number of fused-ring (bicyclic) bond motifs is 1. The summed E-state index contributed by atoms with van der Waals surface area (Å²) in [7, 11) is 0. The van der Waals surface area contributed by atoms with Gasteiger partial charge in [0.25, 0.3) is 0 Å². The predicted molar refractivity (Wildman–Crippen MR) is 106 cm³/mol. The number of hydrogen-bond donors (Lipinski definition) is 2. The van der Waals surface area contributed by atoms with Crippen molar-refractivity contribution in [3.05, 3.63) is 22.8 Å². The van der Waals surface area contributed by atoms with Gasteiger partial charge in [-0.1, -0.05) is 54.4 Å². The molecule has 0 radical (unpaired) electrons. The SMILES string of the molecule is CC.CCC1(C)CCC[C@@]23C(=O)OC(CC12)c1cc(C(C)C)c(O)c(O)c13. The van der Waals surface area contributed by atoms with Gasteiger partial charge >= 0.3 is 5.97 Å². The van der Waals surface area contributed by atoms with Crippen LogP contribution in [0.5, 0.6) is 11.5 Å². The van der Waals surface area contributed by atoms with Crippen molar-refractivity contribution >= 4 is 5.97 Å². The number of carbonyl (C=O) groups is 1. The van der Waals surface area contributed by atoms with Crippen molar-refractivity contribution in [1.29, 1.82) is 0 Å². The number of rotatable bonds is 2. The van der Waals surface area contributed by atoms with E-state index in [1.807, 2.05) is 33.8 Å². The lowest BCUT2D eigenvalue weighted by molar-refractivity contribution is -0.186. The lowest BCUT2D eigenvalue weighted by atomic mass is 9.46. The van der Waals surface area contributed by atoms with Gasteiger partial charge in [-0.25, -0.2) is 0 Å². The van der Waals surface area contributed by atoms with Crippen molar-refractivity contribution in [3.63, 3.8) is 0 Å². The summed E-state index contributed by atoms with van der Waals surface area (Å²) in [6, 6.07) is 1.96. The number of phenols is 2. The number of hydrogen-bond acceptors (Lipinski definition) is 4. The van der Waals surface area contributed by atoms with Crippen LogP contribution in [-0.4, -0.2) is 16.2 Å². The van der Waals surface area contributed by atoms with Crippen LogP contribution >= 0.6 is 0 Å². The molecule has 27 heavy (non-hydrogen) atoms. The smallest absolute Gasteiger partial charge is 0.317 e. The monoisotopic (exact) mass is 374 g/mol. The highest BCUT2D eigenvalue weighted by Crippen LogP contribution is 2.67. The Morgan fingerprint density at radius 3 is 2.48 bits per heavy atom. The number of carbonyl (C=O) groups excluding carboxylic acids is 1. The first-order chi connectivity index (χ1) is 12.8. The third-order valence-corrected chi connectivity index (χ3v) is 7.38. The van der Waals surface area contributed by atoms with Crippen LogP contribution in [0.25, 0.3) is 0 Å². The topological polar surface area (TPSA) is 66.8 Å². The summed E-state index contributed by atoms with van der Waals surface area (Å²) in [5, 5.41) is 21.5. The molecule has 4 nitrogen and oxygen atoms in total. The van der Waals surface area contributed by atoms with Gasteiger partial charge in [-0.2, -0.15) is 0 Å². The first-order valence-corrected chi connectivity index (χ1v) is 10.6. The zero-order valence-electron chi connectivity index (χ0n) is 17.6. The molecule has 1 saturated heterocycles. The molecule has 1 aromatic carbocycles. The molecule has 150 valence electrons. The van der Waals surface area contributed by atoms with E-state index in [1.165, 1.54) is 0 Å². The Labute approximate surface area is 162 Å². The Bertz CT molecular complexity index is 753. The number of phenolic OH excluding ortho intramolecular Hbond substituents is 2. The predicted octanol–water partition coefficient (Wildman–Crippen LogP) is 5.70. The minimum Gasteiger partial charge on any atom is -0.504 e. The van der Waals surface area contributed by atoms with Crippen molar-refractivity contribution in [2.24, 2.45) is 11.3 Å². The molecule has 2 bridgehead atoms. The van der Waals surface area contributed by atoms with Crippen molar-refractivity contribution in [1.82, 2.24) is 0 Å². The van der Waals surface area contributed by atoms with Gasteiger partial charge in [0, 0.05) is 16.7 Å². The van der Waals surface area contributed by atoms with Crippen LogP contribution in [0.1, 0.15) is 102 Å². The molecule has 0 amide bonds. The van der Waals surface area contributed by atoms with Crippen LogP contribution in [-0.2, 0) is 14.9 Å². The average molecular weight is 375 g/mol. The van der Waals surface area contributed by atoms with E-state index in [1.54, 1.807) is 0 Å². The number of esters is 1. The van der Waals surface area contributed by atoms with E-state index in [4.69, 9.17) is 4.74 Å². The second-order valence-electron chi connectivity index (χ2n) is 8.80. The number of ether oxygens (including phenoxy) is 1. The van der Waals surface area contributed by atoms with E-state index in [0.717, 1.165) is 36.8 Å². The first kappa shape index (κ1) is 20.0. The third kappa shape index (κ3) is 2.51. The molecule has 1 spiro atoms. The van der Waals surface area contributed by atoms with Crippen LogP contribution < -0.4 is 0 Å². The second kappa shape index (κ2) is 6.72. The molecular formula is C23H34O4. The molecule has 4 atom stereocenters. The Balaban J connectivity index is 0.00000102. The number of benzene rings is 1. The highest BCUT2D eigenvalue weighted by atomic mass is 16.5. The highest BCUT2D eigenvalue weighted by Gasteiger charge is 2.65. The van der Waals surface area contributed by atoms with Crippen LogP contribution in [0.4, 0.5) is 0 Å². The van der Waals surface area contributed by atoms with Gasteiger partial charge in [-0.15, -0.1) is 0 Å². The summed E-state index contributed by atoms with van der Waals surface area (Å²) in [6.07, 6.45) is 4.26. The van der Waals surface area contributed by atoms with Gasteiger partial charge in [-0.05, 0) is 42.6 Å². The minimum atomic E-state index is -0.801. The van der Waals surface area contributed by atoms with Gasteiger partial charge in [0.15, 0.2) is 11.5 Å². The molecular weight excluding hydrogens is 340 g/mol. The van der Waals surface area contributed by atoms with Crippen molar-refractivity contribution in [3.8, 4) is 11.5 Å². The van der Waals surface area contributed by atoms with E-state index in [-0.39, 0.29) is 40.8 Å². The summed E-state index contributed by atoms with van der Waals surface area (Å²) < 4.78 is 5.81. The molecule has 1 saturated carbocycles. The molecule has 2 heterocycles. The van der Waals surface area contributed by atoms with Crippen LogP contribution in [0, 0.1) is 11.3 Å². The van der Waals surface area contributed by atoms with Crippen molar-refractivity contribution in [2.45, 2.75) is 91.1 Å². The molecule has 3 unspecified atom stereocenters. The van der Waals surface area contributed by atoms with E-state index in [0.29, 0.717) is 12.0 Å². The maximum absolute atomic E-state index is 13.0. The summed E-state index contributed by atoms with van der Waals surface area (Å²) in [6.45, 7) is 12.4. The normalized spacial score (nSPS) is 33.7. The molecule has 2 aliphatic carbocycles. The van der Waals surface area contributed by atoms with Gasteiger partial charge in [0.1, 0.15) is 11.5 Å². The first-order valence-electron chi connectivity index (χ1n) is 10.6.